The van der Waals surface area contributed by atoms with Gasteiger partial charge in [0.25, 0.3) is 5.91 Å². The lowest BCUT2D eigenvalue weighted by atomic mass is 9.76. The number of nitrogens with one attached hydrogen (secondary N) is 2. The minimum Gasteiger partial charge on any atom is -0.374 e. The van der Waals surface area contributed by atoms with E-state index in [1.54, 1.807) is 36.9 Å². The first-order valence-electron chi connectivity index (χ1n) is 14.5. The normalized spacial score (nSPS) is 16.8. The smallest absolute Gasteiger partial charge is 0.252 e. The number of rotatable bonds is 11. The molecule has 0 unspecified atom stereocenters. The highest BCUT2D eigenvalue weighted by molar-refractivity contribution is 6.42. The molecule has 1 aliphatic carbocycles. The van der Waals surface area contributed by atoms with Gasteiger partial charge in [0.15, 0.2) is 0 Å². The molecule has 2 aliphatic rings. The Kier molecular flexibility index (Phi) is 12.1. The summed E-state index contributed by atoms with van der Waals surface area (Å²) < 4.78 is 5.91. The van der Waals surface area contributed by atoms with Crippen LogP contribution in [-0.4, -0.2) is 59.4 Å². The first-order chi connectivity index (χ1) is 19.9. The van der Waals surface area contributed by atoms with Gasteiger partial charge >= 0.3 is 0 Å². The maximum Gasteiger partial charge on any atom is 0.252 e. The summed E-state index contributed by atoms with van der Waals surface area (Å²) in [5, 5.41) is 6.82. The molecule has 11 heteroatoms. The molecule has 1 saturated carbocycles. The third-order valence-corrected chi connectivity index (χ3v) is 8.74. The van der Waals surface area contributed by atoms with E-state index in [4.69, 9.17) is 33.7 Å². The monoisotopic (exact) mass is 650 g/mol. The number of nitrogens with zero attached hydrogens (tertiary/aromatic N) is 1. The van der Waals surface area contributed by atoms with Crippen molar-refractivity contribution in [2.24, 2.45) is 5.73 Å². The van der Waals surface area contributed by atoms with Crippen LogP contribution in [0.5, 0.6) is 0 Å². The Balaban J connectivity index is 0.00000506. The third kappa shape index (κ3) is 8.31. The molecular weight excluding hydrogens is 611 g/mol. The molecule has 1 heterocycles. The maximum atomic E-state index is 14.1. The molecule has 0 radical (unpaired) electrons. The largest absolute Gasteiger partial charge is 0.374 e. The molecule has 4 N–H and O–H groups in total. The highest BCUT2D eigenvalue weighted by atomic mass is 35.5. The fourth-order valence-electron chi connectivity index (χ4n) is 5.65. The molecule has 4 rings (SSSR count). The van der Waals surface area contributed by atoms with Crippen LogP contribution >= 0.6 is 35.6 Å². The molecule has 0 bridgehead atoms. The maximum absolute atomic E-state index is 14.1. The quantitative estimate of drug-likeness (QED) is 0.306. The van der Waals surface area contributed by atoms with Gasteiger partial charge in [0.05, 0.1) is 34.3 Å². The van der Waals surface area contributed by atoms with Crippen molar-refractivity contribution in [2.75, 3.05) is 19.7 Å². The fraction of sp³-hybridized carbons (Fsp3) is 0.469. The van der Waals surface area contributed by atoms with E-state index in [2.05, 4.69) is 10.6 Å². The van der Waals surface area contributed by atoms with E-state index in [0.29, 0.717) is 27.7 Å². The number of hydrogen-bond acceptors (Lipinski definition) is 5. The second-order valence-corrected chi connectivity index (χ2v) is 12.5. The van der Waals surface area contributed by atoms with Crippen molar-refractivity contribution in [3.8, 4) is 0 Å². The minimum atomic E-state index is -1.19. The Hall–Kier alpha value is -2.62. The molecule has 8 nitrogen and oxygen atoms in total. The van der Waals surface area contributed by atoms with Gasteiger partial charge in [0.1, 0.15) is 6.04 Å². The number of carbonyl (C=O) groups is 3. The molecule has 0 aromatic heterocycles. The van der Waals surface area contributed by atoms with Gasteiger partial charge in [-0.15, -0.1) is 12.4 Å². The van der Waals surface area contributed by atoms with Crippen LogP contribution in [0, 0.1) is 0 Å². The van der Waals surface area contributed by atoms with Gasteiger partial charge in [0.2, 0.25) is 11.8 Å². The van der Waals surface area contributed by atoms with Crippen LogP contribution in [0.2, 0.25) is 10.0 Å². The van der Waals surface area contributed by atoms with E-state index < -0.39 is 23.0 Å². The van der Waals surface area contributed by atoms with Crippen molar-refractivity contribution in [3.05, 3.63) is 75.3 Å². The van der Waals surface area contributed by atoms with E-state index in [0.717, 1.165) is 43.2 Å². The van der Waals surface area contributed by atoms with Gasteiger partial charge in [-0.3, -0.25) is 14.4 Å². The Morgan fingerprint density at radius 1 is 1.09 bits per heavy atom. The molecule has 1 spiro atoms. The van der Waals surface area contributed by atoms with Crippen LogP contribution in [0.25, 0.3) is 5.57 Å². The lowest BCUT2D eigenvalue weighted by Crippen LogP contribution is -2.58. The minimum absolute atomic E-state index is 0. The lowest BCUT2D eigenvalue weighted by molar-refractivity contribution is -0.139. The number of hydrogen-bond donors (Lipinski definition) is 3. The predicted molar refractivity (Wildman–Crippen MR) is 173 cm³/mol. The van der Waals surface area contributed by atoms with Crippen molar-refractivity contribution >= 4 is 58.9 Å². The molecule has 43 heavy (non-hydrogen) atoms. The van der Waals surface area contributed by atoms with Gasteiger partial charge in [-0.05, 0) is 62.4 Å². The number of amides is 3. The average Bonchev–Trinajstić information content (AvgIpc) is 3.21. The van der Waals surface area contributed by atoms with Crippen LogP contribution in [-0.2, 0) is 25.7 Å². The highest BCUT2D eigenvalue weighted by Crippen LogP contribution is 2.43. The van der Waals surface area contributed by atoms with Gasteiger partial charge in [-0.1, -0.05) is 78.9 Å². The molecule has 0 saturated heterocycles. The summed E-state index contributed by atoms with van der Waals surface area (Å²) in [6.45, 7) is 5.87. The second-order valence-electron chi connectivity index (χ2n) is 11.7. The van der Waals surface area contributed by atoms with Crippen molar-refractivity contribution in [3.63, 3.8) is 0 Å². The topological polar surface area (TPSA) is 114 Å². The SMILES string of the molecule is CCN(CC1=C(c2ccc(Cl)c(Cl)c2)C(=O)NC12CCCCC2)C(=O)[C@@H](COCc1ccccc1)NC(=O)C(C)(C)N.Cl. The number of benzene rings is 2. The van der Waals surface area contributed by atoms with Crippen LogP contribution in [0.4, 0.5) is 0 Å². The molecule has 1 aliphatic heterocycles. The third-order valence-electron chi connectivity index (χ3n) is 8.00. The van der Waals surface area contributed by atoms with E-state index in [1.807, 2.05) is 37.3 Å². The first kappa shape index (κ1) is 34.9. The average molecular weight is 652 g/mol. The summed E-state index contributed by atoms with van der Waals surface area (Å²) >= 11 is 12.5. The fourth-order valence-corrected chi connectivity index (χ4v) is 5.94. The molecule has 3 amide bonds. The Bertz CT molecular complexity index is 1340. The molecule has 1 fully saturated rings. The number of likely N-dealkylation sites (N-methyl/N-ethyl adjacent to an activating group) is 1. The summed E-state index contributed by atoms with van der Waals surface area (Å²) in [7, 11) is 0. The lowest BCUT2D eigenvalue weighted by Gasteiger charge is -2.38. The number of carbonyl (C=O) groups excluding carboxylic acids is 3. The number of halogens is 3. The summed E-state index contributed by atoms with van der Waals surface area (Å²) in [6, 6.07) is 13.8. The predicted octanol–water partition coefficient (Wildman–Crippen LogP) is 5.29. The summed E-state index contributed by atoms with van der Waals surface area (Å²) in [5.41, 5.74) is 7.30. The van der Waals surface area contributed by atoms with Crippen molar-refractivity contribution < 1.29 is 19.1 Å². The standard InChI is InChI=1S/C32H40Cl2N4O4.ClH/c1-4-38(29(40)26(36-30(41)31(2,3)35)20-42-19-21-11-7-5-8-12-21)18-23-27(22-13-14-24(33)25(34)17-22)28(39)37-32(23)15-9-6-10-16-32;/h5,7-8,11-14,17,26H,4,6,9-10,15-16,18-20,35H2,1-3H3,(H,36,41)(H,37,39);1H/t26-;/m1./s1. The van der Waals surface area contributed by atoms with Crippen molar-refractivity contribution in [2.45, 2.75) is 76.6 Å². The molecule has 1 atom stereocenters. The Labute approximate surface area is 270 Å². The summed E-state index contributed by atoms with van der Waals surface area (Å²) in [5.74, 6) is -0.957. The second kappa shape index (κ2) is 14.9. The number of ether oxygens (including phenoxy) is 1. The van der Waals surface area contributed by atoms with E-state index >= 15 is 0 Å². The first-order valence-corrected chi connectivity index (χ1v) is 15.2. The zero-order chi connectivity index (χ0) is 30.5. The van der Waals surface area contributed by atoms with E-state index in [9.17, 15) is 14.4 Å². The number of nitrogens with two attached hydrogens (primary N) is 1. The van der Waals surface area contributed by atoms with Gasteiger partial charge in [0, 0.05) is 18.7 Å². The zero-order valence-corrected chi connectivity index (χ0v) is 27.2. The van der Waals surface area contributed by atoms with Crippen LogP contribution < -0.4 is 16.4 Å². The van der Waals surface area contributed by atoms with Crippen LogP contribution in [0.1, 0.15) is 64.0 Å². The molecule has 234 valence electrons. The van der Waals surface area contributed by atoms with Gasteiger partial charge < -0.3 is 26.0 Å². The highest BCUT2D eigenvalue weighted by Gasteiger charge is 2.46. The van der Waals surface area contributed by atoms with Crippen LogP contribution in [0.3, 0.4) is 0 Å². The molecular formula is C32H41Cl3N4O4. The molecule has 2 aromatic carbocycles. The van der Waals surface area contributed by atoms with Crippen molar-refractivity contribution in [1.82, 2.24) is 15.5 Å². The summed E-state index contributed by atoms with van der Waals surface area (Å²) in [4.78, 5) is 42.2. The van der Waals surface area contributed by atoms with Gasteiger partial charge in [-0.2, -0.15) is 0 Å². The van der Waals surface area contributed by atoms with E-state index in [-0.39, 0.29) is 44.0 Å². The van der Waals surface area contributed by atoms with Gasteiger partial charge in [-0.25, -0.2) is 0 Å². The van der Waals surface area contributed by atoms with Crippen molar-refractivity contribution in [1.29, 1.82) is 0 Å². The Morgan fingerprint density at radius 2 is 1.77 bits per heavy atom. The van der Waals surface area contributed by atoms with E-state index in [1.165, 1.54) is 0 Å². The molecule has 2 aromatic rings. The summed E-state index contributed by atoms with van der Waals surface area (Å²) in [6.07, 6.45) is 4.59. The Morgan fingerprint density at radius 3 is 2.37 bits per heavy atom. The van der Waals surface area contributed by atoms with Crippen LogP contribution in [0.15, 0.2) is 54.1 Å². The zero-order valence-electron chi connectivity index (χ0n) is 24.9.